The third kappa shape index (κ3) is 3.26. The number of carboxylic acid groups (broad SMARTS) is 1. The minimum Gasteiger partial charge on any atom is -0.480 e. The van der Waals surface area contributed by atoms with Crippen LogP contribution in [0.2, 0.25) is 0 Å². The van der Waals surface area contributed by atoms with Gasteiger partial charge in [-0.15, -0.1) is 0 Å². The number of aryl methyl sites for hydroxylation is 1. The molecule has 3 rings (SSSR count). The minimum atomic E-state index is -0.781. The predicted molar refractivity (Wildman–Crippen MR) is 87.6 cm³/mol. The van der Waals surface area contributed by atoms with Gasteiger partial charge in [-0.25, -0.2) is 9.97 Å². The quantitative estimate of drug-likeness (QED) is 0.857. The van der Waals surface area contributed by atoms with Gasteiger partial charge in [0.2, 0.25) is 0 Å². The Bertz CT molecular complexity index is 626. The lowest BCUT2D eigenvalue weighted by atomic mass is 9.76. The monoisotopic (exact) mass is 332 g/mol. The van der Waals surface area contributed by atoms with Gasteiger partial charge in [0, 0.05) is 25.8 Å². The van der Waals surface area contributed by atoms with Crippen LogP contribution in [0.25, 0.3) is 0 Å². The molecular weight excluding hydrogens is 308 g/mol. The van der Waals surface area contributed by atoms with Gasteiger partial charge >= 0.3 is 5.97 Å². The van der Waals surface area contributed by atoms with Crippen molar-refractivity contribution in [1.29, 1.82) is 0 Å². The molecule has 0 unspecified atom stereocenters. The van der Waals surface area contributed by atoms with Gasteiger partial charge in [0.05, 0.1) is 11.3 Å². The Morgan fingerprint density at radius 2 is 2.17 bits per heavy atom. The van der Waals surface area contributed by atoms with Crippen molar-refractivity contribution < 1.29 is 14.7 Å². The number of piperidine rings is 1. The number of aliphatic carboxylic acids is 1. The summed E-state index contributed by atoms with van der Waals surface area (Å²) in [5, 5.41) is 12.3. The first-order chi connectivity index (χ1) is 11.5. The van der Waals surface area contributed by atoms with Crippen molar-refractivity contribution in [3.8, 4) is 0 Å². The van der Waals surface area contributed by atoms with E-state index in [0.29, 0.717) is 25.1 Å². The molecular formula is C17H24N4O3. The van der Waals surface area contributed by atoms with Gasteiger partial charge in [-0.3, -0.25) is 9.59 Å². The summed E-state index contributed by atoms with van der Waals surface area (Å²) in [6.45, 7) is 4.11. The van der Waals surface area contributed by atoms with E-state index >= 15 is 0 Å². The van der Waals surface area contributed by atoms with Gasteiger partial charge in [0.1, 0.15) is 12.4 Å². The van der Waals surface area contributed by atoms with Gasteiger partial charge < -0.3 is 15.3 Å². The van der Waals surface area contributed by atoms with E-state index in [0.717, 1.165) is 37.9 Å². The number of amides is 1. The maximum absolute atomic E-state index is 12.8. The Morgan fingerprint density at radius 3 is 2.79 bits per heavy atom. The Labute approximate surface area is 141 Å². The molecule has 2 aliphatic heterocycles. The molecule has 7 nitrogen and oxygen atoms in total. The molecule has 0 bridgehead atoms. The Kier molecular flexibility index (Phi) is 4.80. The molecule has 0 radical (unpaired) electrons. The molecule has 7 heteroatoms. The normalized spacial score (nSPS) is 22.7. The van der Waals surface area contributed by atoms with Crippen molar-refractivity contribution in [3.63, 3.8) is 0 Å². The molecule has 1 spiro atoms. The van der Waals surface area contributed by atoms with Gasteiger partial charge in [-0.1, -0.05) is 13.3 Å². The topological polar surface area (TPSA) is 95.4 Å². The zero-order valence-corrected chi connectivity index (χ0v) is 14.0. The number of carboxylic acids is 1. The fraction of sp³-hybridized carbons (Fsp3) is 0.647. The summed E-state index contributed by atoms with van der Waals surface area (Å²) >= 11 is 0. The highest BCUT2D eigenvalue weighted by Gasteiger charge is 2.44. The molecule has 1 aromatic rings. The molecule has 1 atom stereocenters. The number of rotatable bonds is 4. The molecule has 130 valence electrons. The molecule has 24 heavy (non-hydrogen) atoms. The standard InChI is InChI=1S/C17H24N4O3/c1-2-3-13-12(9-18-11-20-13)15(22)21-6-4-17(5-7-21)8-14(16(23)24)19-10-17/h9,11,14,19H,2-8,10H2,1H3,(H,23,24)/t14-/m1/s1. The Hall–Kier alpha value is -2.02. The molecule has 1 aromatic heterocycles. The molecule has 2 fully saturated rings. The summed E-state index contributed by atoms with van der Waals surface area (Å²) in [6, 6.07) is -0.453. The first-order valence-corrected chi connectivity index (χ1v) is 8.59. The molecule has 0 saturated carbocycles. The van der Waals surface area contributed by atoms with Crippen LogP contribution >= 0.6 is 0 Å². The zero-order valence-electron chi connectivity index (χ0n) is 14.0. The Balaban J connectivity index is 1.65. The number of hydrogen-bond donors (Lipinski definition) is 2. The van der Waals surface area contributed by atoms with E-state index in [1.807, 2.05) is 4.90 Å². The van der Waals surface area contributed by atoms with E-state index in [4.69, 9.17) is 5.11 Å². The third-order valence-electron chi connectivity index (χ3n) is 5.28. The molecule has 1 amide bonds. The molecule has 2 saturated heterocycles. The summed E-state index contributed by atoms with van der Waals surface area (Å²) in [7, 11) is 0. The minimum absolute atomic E-state index is 0.00496. The van der Waals surface area contributed by atoms with Crippen molar-refractivity contribution in [1.82, 2.24) is 20.2 Å². The molecule has 2 N–H and O–H groups in total. The fourth-order valence-corrected chi connectivity index (χ4v) is 3.80. The summed E-state index contributed by atoms with van der Waals surface area (Å²) in [4.78, 5) is 34.1. The van der Waals surface area contributed by atoms with Crippen LogP contribution in [-0.2, 0) is 11.2 Å². The second-order valence-corrected chi connectivity index (χ2v) is 6.90. The van der Waals surface area contributed by atoms with Crippen LogP contribution in [0.1, 0.15) is 48.7 Å². The van der Waals surface area contributed by atoms with Crippen molar-refractivity contribution in [2.45, 2.75) is 45.1 Å². The van der Waals surface area contributed by atoms with E-state index in [9.17, 15) is 9.59 Å². The summed E-state index contributed by atoms with van der Waals surface area (Å²) < 4.78 is 0. The smallest absolute Gasteiger partial charge is 0.320 e. The highest BCUT2D eigenvalue weighted by atomic mass is 16.4. The second kappa shape index (κ2) is 6.84. The lowest BCUT2D eigenvalue weighted by Gasteiger charge is -2.39. The summed E-state index contributed by atoms with van der Waals surface area (Å²) in [5.74, 6) is -0.786. The summed E-state index contributed by atoms with van der Waals surface area (Å²) in [6.07, 6.45) is 7.14. The average molecular weight is 332 g/mol. The number of nitrogens with zero attached hydrogens (tertiary/aromatic N) is 3. The first kappa shape index (κ1) is 16.8. The fourth-order valence-electron chi connectivity index (χ4n) is 3.80. The second-order valence-electron chi connectivity index (χ2n) is 6.90. The van der Waals surface area contributed by atoms with Gasteiger partial charge in [-0.2, -0.15) is 0 Å². The number of aromatic nitrogens is 2. The average Bonchev–Trinajstić information content (AvgIpc) is 3.00. The van der Waals surface area contributed by atoms with E-state index in [-0.39, 0.29) is 11.3 Å². The van der Waals surface area contributed by atoms with E-state index in [2.05, 4.69) is 22.2 Å². The number of likely N-dealkylation sites (tertiary alicyclic amines) is 1. The van der Waals surface area contributed by atoms with Crippen LogP contribution in [0, 0.1) is 5.41 Å². The molecule has 0 aliphatic carbocycles. The van der Waals surface area contributed by atoms with Crippen molar-refractivity contribution in [3.05, 3.63) is 23.8 Å². The first-order valence-electron chi connectivity index (χ1n) is 8.59. The van der Waals surface area contributed by atoms with Crippen LogP contribution in [0.4, 0.5) is 0 Å². The predicted octanol–water partition coefficient (Wildman–Crippen LogP) is 1.10. The largest absolute Gasteiger partial charge is 0.480 e. The van der Waals surface area contributed by atoms with Crippen LogP contribution in [0.15, 0.2) is 12.5 Å². The van der Waals surface area contributed by atoms with Gasteiger partial charge in [-0.05, 0) is 31.1 Å². The lowest BCUT2D eigenvalue weighted by molar-refractivity contribution is -0.139. The number of carbonyl (C=O) groups is 2. The van der Waals surface area contributed by atoms with Crippen molar-refractivity contribution >= 4 is 11.9 Å². The van der Waals surface area contributed by atoms with Crippen LogP contribution in [0.3, 0.4) is 0 Å². The zero-order chi connectivity index (χ0) is 17.2. The van der Waals surface area contributed by atoms with Gasteiger partial charge in [0.15, 0.2) is 0 Å². The highest BCUT2D eigenvalue weighted by Crippen LogP contribution is 2.39. The number of nitrogens with one attached hydrogen (secondary N) is 1. The maximum Gasteiger partial charge on any atom is 0.320 e. The van der Waals surface area contributed by atoms with Crippen LogP contribution in [0.5, 0.6) is 0 Å². The number of carbonyl (C=O) groups excluding carboxylic acids is 1. The highest BCUT2D eigenvalue weighted by molar-refractivity contribution is 5.95. The van der Waals surface area contributed by atoms with E-state index < -0.39 is 12.0 Å². The maximum atomic E-state index is 12.8. The lowest BCUT2D eigenvalue weighted by Crippen LogP contribution is -2.44. The van der Waals surface area contributed by atoms with E-state index in [1.165, 1.54) is 6.33 Å². The van der Waals surface area contributed by atoms with Crippen molar-refractivity contribution in [2.75, 3.05) is 19.6 Å². The molecule has 2 aliphatic rings. The van der Waals surface area contributed by atoms with Crippen LogP contribution < -0.4 is 5.32 Å². The van der Waals surface area contributed by atoms with E-state index in [1.54, 1.807) is 6.20 Å². The summed E-state index contributed by atoms with van der Waals surface area (Å²) in [5.41, 5.74) is 1.42. The SMILES string of the molecule is CCCc1ncncc1C(=O)N1CCC2(CC1)CN[C@@H](C(=O)O)C2. The van der Waals surface area contributed by atoms with Crippen LogP contribution in [-0.4, -0.2) is 57.5 Å². The van der Waals surface area contributed by atoms with Crippen molar-refractivity contribution in [2.24, 2.45) is 5.41 Å². The Morgan fingerprint density at radius 1 is 1.42 bits per heavy atom. The molecule has 3 heterocycles. The van der Waals surface area contributed by atoms with Gasteiger partial charge in [0.25, 0.3) is 5.91 Å². The third-order valence-corrected chi connectivity index (χ3v) is 5.28. The molecule has 0 aromatic carbocycles. The number of hydrogen-bond acceptors (Lipinski definition) is 5.